The van der Waals surface area contributed by atoms with E-state index in [9.17, 15) is 32.6 Å². The van der Waals surface area contributed by atoms with E-state index < -0.39 is 14.5 Å². The average Bonchev–Trinajstić information content (AvgIpc) is 2.69. The van der Waals surface area contributed by atoms with Crippen LogP contribution in [0.15, 0.2) is 0 Å². The van der Waals surface area contributed by atoms with Crippen LogP contribution in [0.1, 0.15) is 90.4 Å². The van der Waals surface area contributed by atoms with Crippen LogP contribution >= 0.6 is 7.26 Å². The molecular formula is C21H46BF4O3P. The first-order chi connectivity index (χ1) is 14.2. The van der Waals surface area contributed by atoms with Crippen LogP contribution in [0.2, 0.25) is 0 Å². The molecule has 0 unspecified atom stereocenters. The van der Waals surface area contributed by atoms with Gasteiger partial charge in [-0.05, 0) is 12.8 Å². The van der Waals surface area contributed by atoms with Gasteiger partial charge < -0.3 is 32.6 Å². The molecule has 9 heteroatoms. The highest BCUT2D eigenvalue weighted by Gasteiger charge is 2.34. The molecule has 0 bridgehead atoms. The van der Waals surface area contributed by atoms with E-state index in [0.29, 0.717) is 0 Å². The van der Waals surface area contributed by atoms with Gasteiger partial charge in [-0.1, -0.05) is 58.3 Å². The summed E-state index contributed by atoms with van der Waals surface area (Å²) in [7, 11) is -7.10. The molecule has 0 fully saturated rings. The number of aliphatic hydroxyl groups excluding tert-OH is 3. The van der Waals surface area contributed by atoms with E-state index in [4.69, 9.17) is 0 Å². The molecule has 0 aliphatic carbocycles. The smallest absolute Gasteiger partial charge is 0.418 e. The molecule has 0 aromatic carbocycles. The minimum absolute atomic E-state index is 0.276. The third-order valence-electron chi connectivity index (χ3n) is 5.36. The fourth-order valence-corrected chi connectivity index (χ4v) is 8.50. The van der Waals surface area contributed by atoms with Crippen molar-refractivity contribution in [3.05, 3.63) is 0 Å². The normalized spacial score (nSPS) is 12.0. The lowest BCUT2D eigenvalue weighted by Gasteiger charge is -2.27. The summed E-state index contributed by atoms with van der Waals surface area (Å²) in [6.07, 6.45) is 21.1. The van der Waals surface area contributed by atoms with Gasteiger partial charge in [0, 0.05) is 46.3 Å². The Kier molecular flexibility index (Phi) is 24.0. The van der Waals surface area contributed by atoms with Gasteiger partial charge in [0.05, 0.1) is 24.6 Å². The minimum atomic E-state index is -6.00. The zero-order valence-corrected chi connectivity index (χ0v) is 19.9. The predicted octanol–water partition coefficient (Wildman–Crippen LogP) is 6.37. The molecule has 0 aliphatic heterocycles. The maximum atomic E-state index is 9.75. The molecule has 0 aromatic rings. The van der Waals surface area contributed by atoms with Crippen molar-refractivity contribution in [1.29, 1.82) is 0 Å². The average molecular weight is 464 g/mol. The number of halogens is 4. The lowest BCUT2D eigenvalue weighted by molar-refractivity contribution is 0.292. The number of unbranched alkanes of at least 4 members (excludes halogenated alkanes) is 9. The van der Waals surface area contributed by atoms with Gasteiger partial charge >= 0.3 is 7.25 Å². The lowest BCUT2D eigenvalue weighted by atomic mass is 10.1. The Morgan fingerprint density at radius 1 is 0.500 bits per heavy atom. The Morgan fingerprint density at radius 3 is 1.07 bits per heavy atom. The third kappa shape index (κ3) is 26.1. The molecule has 0 radical (unpaired) electrons. The molecule has 0 amide bonds. The van der Waals surface area contributed by atoms with Crippen LogP contribution in [0.4, 0.5) is 17.3 Å². The van der Waals surface area contributed by atoms with E-state index >= 15 is 0 Å². The molecule has 0 saturated heterocycles. The summed E-state index contributed by atoms with van der Waals surface area (Å²) >= 11 is 0. The number of hydrogen-bond acceptors (Lipinski definition) is 3. The van der Waals surface area contributed by atoms with Gasteiger partial charge in [0.25, 0.3) is 0 Å². The second-order valence-corrected chi connectivity index (χ2v) is 12.6. The Bertz CT molecular complexity index is 323. The highest BCUT2D eigenvalue weighted by molar-refractivity contribution is 7.75. The van der Waals surface area contributed by atoms with E-state index in [2.05, 4.69) is 6.92 Å². The second-order valence-electron chi connectivity index (χ2n) is 8.14. The van der Waals surface area contributed by atoms with Crippen LogP contribution in [0.3, 0.4) is 0 Å². The summed E-state index contributed by atoms with van der Waals surface area (Å²) in [6.45, 7) is 3.10. The Balaban J connectivity index is 0. The van der Waals surface area contributed by atoms with E-state index in [-0.39, 0.29) is 19.8 Å². The molecule has 0 atom stereocenters. The summed E-state index contributed by atoms with van der Waals surface area (Å²) in [5, 5.41) is 27.7. The van der Waals surface area contributed by atoms with E-state index in [1.54, 1.807) is 0 Å². The highest BCUT2D eigenvalue weighted by atomic mass is 31.2. The van der Waals surface area contributed by atoms with Crippen molar-refractivity contribution in [2.24, 2.45) is 0 Å². The van der Waals surface area contributed by atoms with Gasteiger partial charge in [0.1, 0.15) is 0 Å². The molecule has 184 valence electrons. The van der Waals surface area contributed by atoms with Crippen LogP contribution in [-0.4, -0.2) is 67.0 Å². The zero-order chi connectivity index (χ0) is 23.1. The van der Waals surface area contributed by atoms with Crippen molar-refractivity contribution in [2.45, 2.75) is 90.4 Å². The van der Waals surface area contributed by atoms with E-state index in [1.165, 1.54) is 70.4 Å². The van der Waals surface area contributed by atoms with E-state index in [1.807, 2.05) is 0 Å². The van der Waals surface area contributed by atoms with Crippen molar-refractivity contribution < 1.29 is 32.6 Å². The standard InChI is InChI=1S/C21H46O3P.BF4/c1-2-3-4-5-6-7-8-9-10-11-18-25(19-12-15-22,20-13-16-23)21-14-17-24;2-1(3,4)5/h22-24H,2-21H2,1H3;/q+1;-1. The number of hydrogen-bond donors (Lipinski definition) is 3. The van der Waals surface area contributed by atoms with Crippen LogP contribution in [-0.2, 0) is 0 Å². The second kappa shape index (κ2) is 22.3. The molecule has 0 rings (SSSR count). The summed E-state index contributed by atoms with van der Waals surface area (Å²) in [5.41, 5.74) is 0. The first-order valence-electron chi connectivity index (χ1n) is 11.8. The molecule has 30 heavy (non-hydrogen) atoms. The largest absolute Gasteiger partial charge is 0.673 e. The summed E-state index contributed by atoms with van der Waals surface area (Å²) in [6, 6.07) is 0. The van der Waals surface area contributed by atoms with Gasteiger partial charge in [-0.25, -0.2) is 0 Å². The van der Waals surface area contributed by atoms with Crippen LogP contribution in [0.25, 0.3) is 0 Å². The Labute approximate surface area is 182 Å². The maximum Gasteiger partial charge on any atom is 0.673 e. The Hall–Kier alpha value is 0.0949. The van der Waals surface area contributed by atoms with Gasteiger partial charge in [0.2, 0.25) is 0 Å². The van der Waals surface area contributed by atoms with E-state index in [0.717, 1.165) is 37.7 Å². The monoisotopic (exact) mass is 464 g/mol. The van der Waals surface area contributed by atoms with Crippen molar-refractivity contribution in [1.82, 2.24) is 0 Å². The number of rotatable bonds is 20. The summed E-state index contributed by atoms with van der Waals surface area (Å²) in [4.78, 5) is 0. The minimum Gasteiger partial charge on any atom is -0.418 e. The first-order valence-corrected chi connectivity index (χ1v) is 14.3. The van der Waals surface area contributed by atoms with Gasteiger partial charge in [-0.2, -0.15) is 0 Å². The van der Waals surface area contributed by atoms with Crippen LogP contribution < -0.4 is 0 Å². The van der Waals surface area contributed by atoms with Gasteiger partial charge in [-0.3, -0.25) is 0 Å². The molecule has 0 aromatic heterocycles. The van der Waals surface area contributed by atoms with Gasteiger partial charge in [-0.15, -0.1) is 0 Å². The summed E-state index contributed by atoms with van der Waals surface area (Å²) < 4.78 is 39.0. The summed E-state index contributed by atoms with van der Waals surface area (Å²) in [5.74, 6) is 0. The van der Waals surface area contributed by atoms with Crippen molar-refractivity contribution in [3.63, 3.8) is 0 Å². The predicted molar refractivity (Wildman–Crippen MR) is 124 cm³/mol. The fourth-order valence-electron chi connectivity index (χ4n) is 3.82. The molecule has 0 aliphatic rings. The highest BCUT2D eigenvalue weighted by Crippen LogP contribution is 2.60. The lowest BCUT2D eigenvalue weighted by Crippen LogP contribution is -2.15. The molecule has 0 spiro atoms. The van der Waals surface area contributed by atoms with Crippen LogP contribution in [0.5, 0.6) is 0 Å². The zero-order valence-electron chi connectivity index (χ0n) is 19.0. The topological polar surface area (TPSA) is 60.7 Å². The quantitative estimate of drug-likeness (QED) is 0.0849. The third-order valence-corrected chi connectivity index (χ3v) is 10.4. The number of aliphatic hydroxyl groups is 3. The molecule has 0 saturated carbocycles. The molecule has 3 nitrogen and oxygen atoms in total. The molecule has 3 N–H and O–H groups in total. The molecule has 0 heterocycles. The molecular weight excluding hydrogens is 418 g/mol. The Morgan fingerprint density at radius 2 is 0.767 bits per heavy atom. The van der Waals surface area contributed by atoms with Crippen molar-refractivity contribution in [2.75, 3.05) is 44.5 Å². The van der Waals surface area contributed by atoms with Crippen LogP contribution in [0, 0.1) is 0 Å². The maximum absolute atomic E-state index is 9.75. The van der Waals surface area contributed by atoms with Crippen molar-refractivity contribution >= 4 is 14.5 Å². The van der Waals surface area contributed by atoms with Gasteiger partial charge in [0.15, 0.2) is 0 Å². The van der Waals surface area contributed by atoms with Crippen molar-refractivity contribution in [3.8, 4) is 0 Å². The first kappa shape index (κ1) is 32.3. The fraction of sp³-hybridized carbons (Fsp3) is 1.00. The SMILES string of the molecule is CCCCCCCCCCCC[P+](CCCO)(CCCO)CCCO.F[B-](F)(F)F.